The number of amides is 1. The molecular formula is C18H25N5O2. The number of rotatable bonds is 4. The second-order valence-corrected chi connectivity index (χ2v) is 6.80. The van der Waals surface area contributed by atoms with Crippen LogP contribution in [0.5, 0.6) is 0 Å². The maximum Gasteiger partial charge on any atom is 0.269 e. The highest BCUT2D eigenvalue weighted by atomic mass is 16.2. The highest BCUT2D eigenvalue weighted by Crippen LogP contribution is 2.14. The zero-order chi connectivity index (χ0) is 18.0. The number of aromatic nitrogens is 3. The number of hydrogen-bond donors (Lipinski definition) is 1. The summed E-state index contributed by atoms with van der Waals surface area (Å²) in [4.78, 5) is 26.4. The number of aryl methyl sites for hydroxylation is 3. The molecule has 1 N–H and O–H groups in total. The first-order valence-electron chi connectivity index (χ1n) is 8.62. The molecule has 0 radical (unpaired) electrons. The van der Waals surface area contributed by atoms with Crippen molar-refractivity contribution in [3.63, 3.8) is 0 Å². The minimum absolute atomic E-state index is 0.0196. The van der Waals surface area contributed by atoms with Crippen LogP contribution in [0.3, 0.4) is 0 Å². The van der Waals surface area contributed by atoms with Crippen molar-refractivity contribution in [3.05, 3.63) is 51.7 Å². The van der Waals surface area contributed by atoms with E-state index in [2.05, 4.69) is 15.3 Å². The second-order valence-electron chi connectivity index (χ2n) is 6.80. The Balaban J connectivity index is 1.51. The lowest BCUT2D eigenvalue weighted by atomic mass is 10.0. The molecule has 7 heteroatoms. The summed E-state index contributed by atoms with van der Waals surface area (Å²) >= 11 is 0. The zero-order valence-electron chi connectivity index (χ0n) is 15.0. The molecule has 1 fully saturated rings. The Morgan fingerprint density at radius 1 is 1.28 bits per heavy atom. The minimum Gasteiger partial charge on any atom is -0.348 e. The van der Waals surface area contributed by atoms with Gasteiger partial charge >= 0.3 is 0 Å². The van der Waals surface area contributed by atoms with Crippen LogP contribution in [0.1, 0.15) is 34.6 Å². The fourth-order valence-corrected chi connectivity index (χ4v) is 3.26. The highest BCUT2D eigenvalue weighted by molar-refractivity contribution is 5.92. The molecule has 25 heavy (non-hydrogen) atoms. The Hall–Kier alpha value is -2.41. The van der Waals surface area contributed by atoms with Crippen LogP contribution >= 0.6 is 0 Å². The van der Waals surface area contributed by atoms with Gasteiger partial charge in [0.05, 0.1) is 5.69 Å². The summed E-state index contributed by atoms with van der Waals surface area (Å²) in [5.41, 5.74) is 2.50. The molecule has 134 valence electrons. The third-order valence-corrected chi connectivity index (χ3v) is 4.73. The molecule has 1 saturated heterocycles. The van der Waals surface area contributed by atoms with Gasteiger partial charge in [-0.2, -0.15) is 5.10 Å². The normalized spacial score (nSPS) is 16.1. The van der Waals surface area contributed by atoms with E-state index in [1.54, 1.807) is 41.7 Å². The van der Waals surface area contributed by atoms with Gasteiger partial charge in [0, 0.05) is 52.0 Å². The van der Waals surface area contributed by atoms with Crippen molar-refractivity contribution in [1.29, 1.82) is 0 Å². The molecule has 0 saturated carbocycles. The van der Waals surface area contributed by atoms with E-state index in [1.165, 1.54) is 0 Å². The average Bonchev–Trinajstić information content (AvgIpc) is 2.91. The SMILES string of the molecule is Cc1cc(C(=O)NC2CCN(Cc3ccn(C)c(=O)c3)CC2)n(C)n1. The molecular weight excluding hydrogens is 318 g/mol. The van der Waals surface area contributed by atoms with Crippen LogP contribution in [0.25, 0.3) is 0 Å². The van der Waals surface area contributed by atoms with Gasteiger partial charge in [0.25, 0.3) is 11.5 Å². The molecule has 0 atom stereocenters. The summed E-state index contributed by atoms with van der Waals surface area (Å²) < 4.78 is 3.20. The largest absolute Gasteiger partial charge is 0.348 e. The third kappa shape index (κ3) is 4.17. The Morgan fingerprint density at radius 3 is 2.60 bits per heavy atom. The smallest absolute Gasteiger partial charge is 0.269 e. The lowest BCUT2D eigenvalue weighted by Gasteiger charge is -2.32. The van der Waals surface area contributed by atoms with Gasteiger partial charge in [0.2, 0.25) is 0 Å². The number of carbonyl (C=O) groups excluding carboxylic acids is 1. The fourth-order valence-electron chi connectivity index (χ4n) is 3.26. The van der Waals surface area contributed by atoms with Gasteiger partial charge in [0.1, 0.15) is 5.69 Å². The minimum atomic E-state index is -0.0619. The first kappa shape index (κ1) is 17.4. The van der Waals surface area contributed by atoms with Crippen molar-refractivity contribution in [3.8, 4) is 0 Å². The van der Waals surface area contributed by atoms with E-state index in [-0.39, 0.29) is 17.5 Å². The molecule has 1 amide bonds. The van der Waals surface area contributed by atoms with Gasteiger partial charge in [0.15, 0.2) is 0 Å². The lowest BCUT2D eigenvalue weighted by molar-refractivity contribution is 0.0899. The van der Waals surface area contributed by atoms with Crippen molar-refractivity contribution in [1.82, 2.24) is 24.6 Å². The van der Waals surface area contributed by atoms with Gasteiger partial charge in [-0.25, -0.2) is 0 Å². The van der Waals surface area contributed by atoms with Crippen LogP contribution in [0.4, 0.5) is 0 Å². The van der Waals surface area contributed by atoms with Gasteiger partial charge in [-0.05, 0) is 37.5 Å². The average molecular weight is 343 g/mol. The van der Waals surface area contributed by atoms with Crippen LogP contribution in [0, 0.1) is 6.92 Å². The number of likely N-dealkylation sites (tertiary alicyclic amines) is 1. The van der Waals surface area contributed by atoms with Gasteiger partial charge < -0.3 is 9.88 Å². The summed E-state index contributed by atoms with van der Waals surface area (Å²) in [6.45, 7) is 4.47. The van der Waals surface area contributed by atoms with Crippen LogP contribution < -0.4 is 10.9 Å². The first-order chi connectivity index (χ1) is 11.9. The van der Waals surface area contributed by atoms with E-state index in [9.17, 15) is 9.59 Å². The zero-order valence-corrected chi connectivity index (χ0v) is 15.0. The quantitative estimate of drug-likeness (QED) is 0.892. The summed E-state index contributed by atoms with van der Waals surface area (Å²) in [6, 6.07) is 5.67. The molecule has 1 aliphatic heterocycles. The molecule has 2 aromatic rings. The molecule has 3 heterocycles. The van der Waals surface area contributed by atoms with Crippen LogP contribution in [-0.4, -0.2) is 44.3 Å². The molecule has 3 rings (SSSR count). The van der Waals surface area contributed by atoms with E-state index < -0.39 is 0 Å². The van der Waals surface area contributed by atoms with Crippen LogP contribution in [0.15, 0.2) is 29.2 Å². The standard InChI is InChI=1S/C18H25N5O2/c1-13-10-16(22(3)20-13)18(25)19-15-5-8-23(9-6-15)12-14-4-7-21(2)17(24)11-14/h4,7,10-11,15H,5-6,8-9,12H2,1-3H3,(H,19,25). The molecule has 0 spiro atoms. The number of hydrogen-bond acceptors (Lipinski definition) is 4. The first-order valence-corrected chi connectivity index (χ1v) is 8.62. The van der Waals surface area contributed by atoms with Crippen molar-refractivity contribution in [2.75, 3.05) is 13.1 Å². The molecule has 1 aliphatic rings. The molecule has 0 bridgehead atoms. The van der Waals surface area contributed by atoms with E-state index in [0.717, 1.165) is 43.7 Å². The summed E-state index contributed by atoms with van der Waals surface area (Å²) in [5, 5.41) is 7.33. The van der Waals surface area contributed by atoms with E-state index in [1.807, 2.05) is 13.0 Å². The maximum absolute atomic E-state index is 12.4. The predicted molar refractivity (Wildman–Crippen MR) is 95.4 cm³/mol. The topological polar surface area (TPSA) is 72.2 Å². The fraction of sp³-hybridized carbons (Fsp3) is 0.500. The van der Waals surface area contributed by atoms with Gasteiger partial charge in [-0.15, -0.1) is 0 Å². The number of carbonyl (C=O) groups is 1. The monoisotopic (exact) mass is 343 g/mol. The summed E-state index contributed by atoms with van der Waals surface area (Å²) in [5.74, 6) is -0.0619. The lowest BCUT2D eigenvalue weighted by Crippen LogP contribution is -2.44. The number of pyridine rings is 1. The Morgan fingerprint density at radius 2 is 2.00 bits per heavy atom. The number of nitrogens with one attached hydrogen (secondary N) is 1. The van der Waals surface area contributed by atoms with Crippen molar-refractivity contribution < 1.29 is 4.79 Å². The van der Waals surface area contributed by atoms with E-state index >= 15 is 0 Å². The summed E-state index contributed by atoms with van der Waals surface area (Å²) in [7, 11) is 3.54. The second kappa shape index (κ2) is 7.23. The van der Waals surface area contributed by atoms with Gasteiger partial charge in [-0.3, -0.25) is 19.2 Å². The third-order valence-electron chi connectivity index (χ3n) is 4.73. The van der Waals surface area contributed by atoms with E-state index in [4.69, 9.17) is 0 Å². The van der Waals surface area contributed by atoms with Crippen molar-refractivity contribution >= 4 is 5.91 Å². The highest BCUT2D eigenvalue weighted by Gasteiger charge is 2.22. The van der Waals surface area contributed by atoms with Crippen molar-refractivity contribution in [2.24, 2.45) is 14.1 Å². The molecule has 0 unspecified atom stereocenters. The van der Waals surface area contributed by atoms with Crippen LogP contribution in [0.2, 0.25) is 0 Å². The van der Waals surface area contributed by atoms with E-state index in [0.29, 0.717) is 5.69 Å². The van der Waals surface area contributed by atoms with Crippen molar-refractivity contribution in [2.45, 2.75) is 32.4 Å². The molecule has 7 nitrogen and oxygen atoms in total. The Kier molecular flexibility index (Phi) is 5.03. The summed E-state index contributed by atoms with van der Waals surface area (Å²) in [6.07, 6.45) is 3.63. The Bertz CT molecular complexity index is 815. The molecule has 2 aromatic heterocycles. The predicted octanol–water partition coefficient (Wildman–Crippen LogP) is 0.822. The Labute approximate surface area is 147 Å². The molecule has 0 aromatic carbocycles. The van der Waals surface area contributed by atoms with Gasteiger partial charge in [-0.1, -0.05) is 0 Å². The maximum atomic E-state index is 12.4. The number of nitrogens with zero attached hydrogens (tertiary/aromatic N) is 4. The van der Waals surface area contributed by atoms with Crippen LogP contribution in [-0.2, 0) is 20.6 Å². The molecule has 0 aliphatic carbocycles. The number of piperidine rings is 1.